The van der Waals surface area contributed by atoms with Gasteiger partial charge >= 0.3 is 6.18 Å². The van der Waals surface area contributed by atoms with E-state index < -0.39 is 36.2 Å². The van der Waals surface area contributed by atoms with Gasteiger partial charge in [-0.05, 0) is 49.7 Å². The molecule has 0 spiro atoms. The highest BCUT2D eigenvalue weighted by molar-refractivity contribution is 6.33. The molecule has 2 aromatic carbocycles. The van der Waals surface area contributed by atoms with E-state index in [1.54, 1.807) is 19.1 Å². The SMILES string of the molecule is Cc1ccc2c(c1)N(CC(=O)Nc1cc(C(F)(F)F)ccc1Cl)C(=O)C(C)O2. The molecule has 148 valence electrons. The van der Waals surface area contributed by atoms with Gasteiger partial charge in [0.2, 0.25) is 5.91 Å². The highest BCUT2D eigenvalue weighted by Crippen LogP contribution is 2.36. The van der Waals surface area contributed by atoms with Crippen LogP contribution in [-0.4, -0.2) is 24.5 Å². The van der Waals surface area contributed by atoms with E-state index in [-0.39, 0.29) is 10.7 Å². The Morgan fingerprint density at radius 1 is 1.25 bits per heavy atom. The lowest BCUT2D eigenvalue weighted by Gasteiger charge is -2.32. The van der Waals surface area contributed by atoms with Crippen LogP contribution in [0.25, 0.3) is 0 Å². The van der Waals surface area contributed by atoms with E-state index in [1.165, 1.54) is 4.90 Å². The number of nitrogens with zero attached hydrogens (tertiary/aromatic N) is 1. The topological polar surface area (TPSA) is 58.6 Å². The molecule has 2 aromatic rings. The van der Waals surface area contributed by atoms with Crippen LogP contribution in [0.3, 0.4) is 0 Å². The fourth-order valence-corrected chi connectivity index (χ4v) is 2.98. The first-order chi connectivity index (χ1) is 13.1. The van der Waals surface area contributed by atoms with E-state index in [2.05, 4.69) is 5.32 Å². The molecule has 9 heteroatoms. The van der Waals surface area contributed by atoms with Crippen LogP contribution < -0.4 is 15.0 Å². The number of hydrogen-bond donors (Lipinski definition) is 1. The summed E-state index contributed by atoms with van der Waals surface area (Å²) in [4.78, 5) is 26.2. The first kappa shape index (κ1) is 20.0. The Labute approximate surface area is 164 Å². The molecular weight excluding hydrogens is 397 g/mol. The van der Waals surface area contributed by atoms with Gasteiger partial charge in [-0.2, -0.15) is 13.2 Å². The summed E-state index contributed by atoms with van der Waals surface area (Å²) < 4.78 is 44.2. The number of ether oxygens (including phenoxy) is 1. The molecule has 1 atom stereocenters. The number of hydrogen-bond acceptors (Lipinski definition) is 3. The standard InChI is InChI=1S/C19H16ClF3N2O3/c1-10-3-6-16-15(7-10)25(18(27)11(2)28-16)9-17(26)24-14-8-12(19(21,22)23)4-5-13(14)20/h3-8,11H,9H2,1-2H3,(H,24,26). The number of benzene rings is 2. The molecule has 28 heavy (non-hydrogen) atoms. The van der Waals surface area contributed by atoms with E-state index in [1.807, 2.05) is 13.0 Å². The first-order valence-corrected chi connectivity index (χ1v) is 8.69. The van der Waals surface area contributed by atoms with Crippen LogP contribution in [0.15, 0.2) is 36.4 Å². The van der Waals surface area contributed by atoms with Crippen molar-refractivity contribution in [3.05, 3.63) is 52.5 Å². The largest absolute Gasteiger partial charge is 0.479 e. The molecule has 1 aliphatic rings. The van der Waals surface area contributed by atoms with E-state index >= 15 is 0 Å². The van der Waals surface area contributed by atoms with E-state index in [9.17, 15) is 22.8 Å². The van der Waals surface area contributed by atoms with Gasteiger partial charge in [-0.25, -0.2) is 0 Å². The summed E-state index contributed by atoms with van der Waals surface area (Å²) in [5.41, 5.74) is 0.161. The summed E-state index contributed by atoms with van der Waals surface area (Å²) in [6.45, 7) is 2.98. The molecule has 1 unspecified atom stereocenters. The van der Waals surface area contributed by atoms with E-state index in [0.29, 0.717) is 11.4 Å². The van der Waals surface area contributed by atoms with Crippen LogP contribution in [0.4, 0.5) is 24.5 Å². The molecule has 0 saturated carbocycles. The number of halogens is 4. The van der Waals surface area contributed by atoms with Gasteiger partial charge < -0.3 is 10.1 Å². The van der Waals surface area contributed by atoms with Gasteiger partial charge in [0.15, 0.2) is 6.10 Å². The third kappa shape index (κ3) is 4.06. The van der Waals surface area contributed by atoms with Crippen molar-refractivity contribution >= 4 is 34.8 Å². The van der Waals surface area contributed by atoms with Crippen molar-refractivity contribution in [1.29, 1.82) is 0 Å². The van der Waals surface area contributed by atoms with Gasteiger partial charge in [0.1, 0.15) is 12.3 Å². The van der Waals surface area contributed by atoms with Gasteiger partial charge in [0, 0.05) is 0 Å². The Bertz CT molecular complexity index is 947. The average Bonchev–Trinajstić information content (AvgIpc) is 2.60. The van der Waals surface area contributed by atoms with Crippen LogP contribution in [0, 0.1) is 6.92 Å². The lowest BCUT2D eigenvalue weighted by molar-refractivity contribution is -0.137. The maximum absolute atomic E-state index is 12.9. The van der Waals surface area contributed by atoms with Gasteiger partial charge in [-0.1, -0.05) is 17.7 Å². The Hall–Kier alpha value is -2.74. The third-order valence-electron chi connectivity index (χ3n) is 4.19. The Balaban J connectivity index is 1.84. The normalized spacial score (nSPS) is 16.4. The second-order valence-corrected chi connectivity index (χ2v) is 6.80. The summed E-state index contributed by atoms with van der Waals surface area (Å²) in [5.74, 6) is -0.665. The van der Waals surface area contributed by atoms with Crippen LogP contribution >= 0.6 is 11.6 Å². The number of fused-ring (bicyclic) bond motifs is 1. The van der Waals surface area contributed by atoms with Gasteiger partial charge in [-0.15, -0.1) is 0 Å². The van der Waals surface area contributed by atoms with Crippen molar-refractivity contribution in [1.82, 2.24) is 0 Å². The number of alkyl halides is 3. The summed E-state index contributed by atoms with van der Waals surface area (Å²) in [6, 6.07) is 7.83. The molecule has 0 bridgehead atoms. The van der Waals surface area contributed by atoms with Crippen molar-refractivity contribution in [3.63, 3.8) is 0 Å². The molecule has 5 nitrogen and oxygen atoms in total. The molecule has 1 aliphatic heterocycles. The Morgan fingerprint density at radius 3 is 2.64 bits per heavy atom. The Morgan fingerprint density at radius 2 is 1.96 bits per heavy atom. The zero-order chi connectivity index (χ0) is 20.6. The van der Waals surface area contributed by atoms with Crippen molar-refractivity contribution in [2.75, 3.05) is 16.8 Å². The molecule has 1 N–H and O–H groups in total. The maximum Gasteiger partial charge on any atom is 0.416 e. The minimum absolute atomic E-state index is 0.0423. The predicted molar refractivity (Wildman–Crippen MR) is 98.7 cm³/mol. The lowest BCUT2D eigenvalue weighted by atomic mass is 10.1. The van der Waals surface area contributed by atoms with Crippen LogP contribution in [0.1, 0.15) is 18.1 Å². The second kappa shape index (κ2) is 7.35. The summed E-state index contributed by atoms with van der Waals surface area (Å²) >= 11 is 5.90. The second-order valence-electron chi connectivity index (χ2n) is 6.40. The van der Waals surface area contributed by atoms with Crippen molar-refractivity contribution in [3.8, 4) is 5.75 Å². The number of carbonyl (C=O) groups is 2. The van der Waals surface area contributed by atoms with Crippen LogP contribution in [0.2, 0.25) is 5.02 Å². The zero-order valence-electron chi connectivity index (χ0n) is 14.9. The number of carbonyl (C=O) groups excluding carboxylic acids is 2. The highest BCUT2D eigenvalue weighted by Gasteiger charge is 2.34. The Kier molecular flexibility index (Phi) is 5.25. The lowest BCUT2D eigenvalue weighted by Crippen LogP contribution is -2.47. The first-order valence-electron chi connectivity index (χ1n) is 8.31. The number of aryl methyl sites for hydroxylation is 1. The average molecular weight is 413 g/mol. The minimum atomic E-state index is -4.57. The minimum Gasteiger partial charge on any atom is -0.479 e. The van der Waals surface area contributed by atoms with E-state index in [0.717, 1.165) is 23.8 Å². The fraction of sp³-hybridized carbons (Fsp3) is 0.263. The molecule has 2 amide bonds. The molecule has 0 saturated heterocycles. The molecule has 3 rings (SSSR count). The van der Waals surface area contributed by atoms with Gasteiger partial charge in [0.25, 0.3) is 5.91 Å². The number of nitrogens with one attached hydrogen (secondary N) is 1. The van der Waals surface area contributed by atoms with Gasteiger partial charge in [-0.3, -0.25) is 14.5 Å². The quantitative estimate of drug-likeness (QED) is 0.811. The third-order valence-corrected chi connectivity index (χ3v) is 4.52. The molecule has 1 heterocycles. The monoisotopic (exact) mass is 412 g/mol. The summed E-state index contributed by atoms with van der Waals surface area (Å²) in [7, 11) is 0. The summed E-state index contributed by atoms with van der Waals surface area (Å²) in [6.07, 6.45) is -5.36. The van der Waals surface area contributed by atoms with Crippen molar-refractivity contribution in [2.24, 2.45) is 0 Å². The molecule has 0 radical (unpaired) electrons. The van der Waals surface area contributed by atoms with Crippen LogP contribution in [0.5, 0.6) is 5.75 Å². The van der Waals surface area contributed by atoms with Crippen molar-refractivity contribution in [2.45, 2.75) is 26.1 Å². The zero-order valence-corrected chi connectivity index (χ0v) is 15.7. The van der Waals surface area contributed by atoms with Gasteiger partial charge in [0.05, 0.1) is 22.0 Å². The highest BCUT2D eigenvalue weighted by atomic mass is 35.5. The number of rotatable bonds is 3. The van der Waals surface area contributed by atoms with Crippen molar-refractivity contribution < 1.29 is 27.5 Å². The number of anilines is 2. The maximum atomic E-state index is 12.9. The van der Waals surface area contributed by atoms with E-state index in [4.69, 9.17) is 16.3 Å². The predicted octanol–water partition coefficient (Wildman–Crippen LogP) is 4.42. The number of amides is 2. The molecule has 0 aromatic heterocycles. The fourth-order valence-electron chi connectivity index (χ4n) is 2.81. The van der Waals surface area contributed by atoms with Crippen LogP contribution in [-0.2, 0) is 15.8 Å². The molecule has 0 fully saturated rings. The molecular formula is C19H16ClF3N2O3. The molecule has 0 aliphatic carbocycles. The smallest absolute Gasteiger partial charge is 0.416 e. The summed E-state index contributed by atoms with van der Waals surface area (Å²) in [5, 5.41) is 2.30.